The van der Waals surface area contributed by atoms with Crippen molar-refractivity contribution < 1.29 is 0 Å². The maximum atomic E-state index is 5.17. The van der Waals surface area contributed by atoms with Crippen LogP contribution < -0.4 is 0 Å². The van der Waals surface area contributed by atoms with Crippen LogP contribution in [0, 0.1) is 0 Å². The summed E-state index contributed by atoms with van der Waals surface area (Å²) in [6, 6.07) is 65.7. The van der Waals surface area contributed by atoms with Gasteiger partial charge in [0.05, 0.1) is 33.2 Å². The normalized spacial score (nSPS) is 13.1. The summed E-state index contributed by atoms with van der Waals surface area (Å²) in [7, 11) is 0. The number of nitrogens with zero attached hydrogens (tertiary/aromatic N) is 5. The van der Waals surface area contributed by atoms with Gasteiger partial charge in [-0.1, -0.05) is 109 Å². The summed E-state index contributed by atoms with van der Waals surface area (Å²) in [5, 5.41) is 2.46. The Labute approximate surface area is 328 Å². The van der Waals surface area contributed by atoms with Gasteiger partial charge in [-0.2, -0.15) is 0 Å². The number of hydrogen-bond donors (Lipinski definition) is 0. The molecule has 0 aliphatic heterocycles. The summed E-state index contributed by atoms with van der Waals surface area (Å²) >= 11 is 0. The van der Waals surface area contributed by atoms with E-state index in [1.807, 2.05) is 30.7 Å². The number of pyridine rings is 3. The first-order chi connectivity index (χ1) is 28.3. The monoisotopic (exact) mass is 727 g/mol. The van der Waals surface area contributed by atoms with Crippen LogP contribution in [0.15, 0.2) is 201 Å². The maximum Gasteiger partial charge on any atom is 0.115 e. The minimum atomic E-state index is -0.577. The first-order valence-electron chi connectivity index (χ1n) is 19.3. The lowest BCUT2D eigenvalue weighted by Crippen LogP contribution is -2.29. The Bertz CT molecular complexity index is 3230. The fourth-order valence-electron chi connectivity index (χ4n) is 9.54. The molecule has 266 valence electrons. The number of rotatable bonds is 5. The zero-order chi connectivity index (χ0) is 37.5. The van der Waals surface area contributed by atoms with Gasteiger partial charge >= 0.3 is 0 Å². The van der Waals surface area contributed by atoms with Crippen molar-refractivity contribution in [1.82, 2.24) is 24.1 Å². The Kier molecular flexibility index (Phi) is 6.78. The van der Waals surface area contributed by atoms with E-state index in [0.717, 1.165) is 50.3 Å². The number of aromatic nitrogens is 5. The third kappa shape index (κ3) is 4.48. The summed E-state index contributed by atoms with van der Waals surface area (Å²) in [5.41, 5.74) is 17.3. The zero-order valence-electron chi connectivity index (χ0n) is 30.8. The van der Waals surface area contributed by atoms with Gasteiger partial charge < -0.3 is 9.13 Å². The second kappa shape index (κ2) is 12.2. The second-order valence-electron chi connectivity index (χ2n) is 14.8. The van der Waals surface area contributed by atoms with Crippen LogP contribution in [0.2, 0.25) is 0 Å². The molecular formula is C52H33N5. The Morgan fingerprint density at radius 2 is 0.877 bits per heavy atom. The smallest absolute Gasteiger partial charge is 0.115 e. The Hall–Kier alpha value is -7.63. The van der Waals surface area contributed by atoms with Crippen molar-refractivity contribution in [3.05, 3.63) is 223 Å². The van der Waals surface area contributed by atoms with E-state index in [-0.39, 0.29) is 0 Å². The van der Waals surface area contributed by atoms with E-state index < -0.39 is 5.41 Å². The molecular weight excluding hydrogens is 695 g/mol. The van der Waals surface area contributed by atoms with Gasteiger partial charge in [0.1, 0.15) is 11.0 Å². The fourth-order valence-corrected chi connectivity index (χ4v) is 9.54. The summed E-state index contributed by atoms with van der Waals surface area (Å²) in [6.07, 6.45) is 5.60. The van der Waals surface area contributed by atoms with Crippen molar-refractivity contribution in [2.75, 3.05) is 0 Å². The standard InChI is InChI=1S/C52H33N5/c1-3-12-36(13-4-1)52(37-14-5-2-6-15-37)44-33-48-43(32-42(44)41-17-9-31-55-51(41)52)40-16-7-8-18-45(40)56(48)38-25-21-34(22-26-38)35-23-27-39(28-24-35)57-46-19-10-29-53-49(46)50-47(57)20-11-30-54-50/h1-33H. The number of fused-ring (bicyclic) bond motifs is 9. The van der Waals surface area contributed by atoms with Crippen molar-refractivity contribution >= 4 is 43.9 Å². The second-order valence-corrected chi connectivity index (χ2v) is 14.8. The highest BCUT2D eigenvalue weighted by Gasteiger charge is 2.47. The van der Waals surface area contributed by atoms with E-state index in [2.05, 4.69) is 189 Å². The molecule has 12 rings (SSSR count). The lowest BCUT2D eigenvalue weighted by atomic mass is 9.69. The van der Waals surface area contributed by atoms with Crippen molar-refractivity contribution in [3.63, 3.8) is 0 Å². The lowest BCUT2D eigenvalue weighted by molar-refractivity contribution is 0.738. The van der Waals surface area contributed by atoms with Crippen LogP contribution in [-0.4, -0.2) is 24.1 Å². The van der Waals surface area contributed by atoms with Crippen molar-refractivity contribution in [2.24, 2.45) is 0 Å². The van der Waals surface area contributed by atoms with E-state index in [1.165, 1.54) is 49.6 Å². The third-order valence-corrected chi connectivity index (χ3v) is 11.9. The largest absolute Gasteiger partial charge is 0.309 e. The molecule has 5 heterocycles. The first kappa shape index (κ1) is 31.7. The Balaban J connectivity index is 1.01. The molecule has 5 aromatic heterocycles. The molecule has 6 aromatic carbocycles. The van der Waals surface area contributed by atoms with Crippen molar-refractivity contribution in [3.8, 4) is 33.6 Å². The third-order valence-electron chi connectivity index (χ3n) is 11.9. The molecule has 0 N–H and O–H groups in total. The van der Waals surface area contributed by atoms with Gasteiger partial charge in [0.15, 0.2) is 0 Å². The van der Waals surface area contributed by atoms with Gasteiger partial charge in [0.25, 0.3) is 0 Å². The average molecular weight is 728 g/mol. The Morgan fingerprint density at radius 1 is 0.368 bits per heavy atom. The van der Waals surface area contributed by atoms with Gasteiger partial charge in [0.2, 0.25) is 0 Å². The van der Waals surface area contributed by atoms with E-state index in [4.69, 9.17) is 4.98 Å². The number of benzene rings is 6. The molecule has 0 radical (unpaired) electrons. The maximum absolute atomic E-state index is 5.17. The molecule has 0 bridgehead atoms. The highest BCUT2D eigenvalue weighted by molar-refractivity contribution is 6.12. The zero-order valence-corrected chi connectivity index (χ0v) is 30.8. The van der Waals surface area contributed by atoms with Gasteiger partial charge in [-0.15, -0.1) is 0 Å². The van der Waals surface area contributed by atoms with E-state index in [0.29, 0.717) is 0 Å². The SMILES string of the molecule is c1ccc(C2(c3ccccc3)c3cc4c(cc3-c3cccnc32)c2ccccc2n4-c2ccc(-c3ccc(-n4c5cccnc5c5ncccc54)cc3)cc2)cc1. The summed E-state index contributed by atoms with van der Waals surface area (Å²) < 4.78 is 4.68. The molecule has 0 saturated carbocycles. The topological polar surface area (TPSA) is 48.5 Å². The highest BCUT2D eigenvalue weighted by atomic mass is 15.0. The summed E-state index contributed by atoms with van der Waals surface area (Å²) in [5.74, 6) is 0. The Morgan fingerprint density at radius 3 is 1.49 bits per heavy atom. The van der Waals surface area contributed by atoms with Crippen LogP contribution in [0.4, 0.5) is 0 Å². The molecule has 0 atom stereocenters. The van der Waals surface area contributed by atoms with Gasteiger partial charge in [-0.3, -0.25) is 15.0 Å². The van der Waals surface area contributed by atoms with E-state index in [9.17, 15) is 0 Å². The van der Waals surface area contributed by atoms with Crippen LogP contribution >= 0.6 is 0 Å². The predicted octanol–water partition coefficient (Wildman–Crippen LogP) is 12.1. The number of para-hydroxylation sites is 1. The predicted molar refractivity (Wildman–Crippen MR) is 231 cm³/mol. The number of hydrogen-bond acceptors (Lipinski definition) is 3. The minimum Gasteiger partial charge on any atom is -0.309 e. The molecule has 5 heteroatoms. The molecule has 1 aliphatic rings. The van der Waals surface area contributed by atoms with Gasteiger partial charge in [-0.05, 0) is 106 Å². The van der Waals surface area contributed by atoms with Crippen LogP contribution in [0.1, 0.15) is 22.4 Å². The van der Waals surface area contributed by atoms with E-state index in [1.54, 1.807) is 0 Å². The fraction of sp³-hybridized carbons (Fsp3) is 0.0192. The molecule has 0 saturated heterocycles. The summed E-state index contributed by atoms with van der Waals surface area (Å²) in [6.45, 7) is 0. The molecule has 0 fully saturated rings. The van der Waals surface area contributed by atoms with Gasteiger partial charge in [0, 0.05) is 46.3 Å². The molecule has 57 heavy (non-hydrogen) atoms. The molecule has 5 nitrogen and oxygen atoms in total. The highest BCUT2D eigenvalue weighted by Crippen LogP contribution is 2.56. The van der Waals surface area contributed by atoms with Crippen LogP contribution in [0.5, 0.6) is 0 Å². The van der Waals surface area contributed by atoms with E-state index >= 15 is 0 Å². The van der Waals surface area contributed by atoms with Crippen LogP contribution in [0.25, 0.3) is 77.5 Å². The van der Waals surface area contributed by atoms with Crippen molar-refractivity contribution in [1.29, 1.82) is 0 Å². The molecule has 11 aromatic rings. The molecule has 0 spiro atoms. The van der Waals surface area contributed by atoms with Crippen LogP contribution in [-0.2, 0) is 5.41 Å². The molecule has 1 aliphatic carbocycles. The van der Waals surface area contributed by atoms with Crippen LogP contribution in [0.3, 0.4) is 0 Å². The van der Waals surface area contributed by atoms with Gasteiger partial charge in [-0.25, -0.2) is 0 Å². The summed E-state index contributed by atoms with van der Waals surface area (Å²) in [4.78, 5) is 14.5. The molecule has 0 unspecified atom stereocenters. The quantitative estimate of drug-likeness (QED) is 0.177. The molecule has 0 amide bonds. The average Bonchev–Trinajstić information content (AvgIpc) is 3.90. The first-order valence-corrected chi connectivity index (χ1v) is 19.3. The van der Waals surface area contributed by atoms with Crippen molar-refractivity contribution in [2.45, 2.75) is 5.41 Å². The minimum absolute atomic E-state index is 0.577. The lowest BCUT2D eigenvalue weighted by Gasteiger charge is -2.32.